The molecule has 3 aromatic rings. The average Bonchev–Trinajstić information content (AvgIpc) is 3.45. The van der Waals surface area contributed by atoms with Gasteiger partial charge in [0.15, 0.2) is 9.84 Å². The molecule has 0 radical (unpaired) electrons. The topological polar surface area (TPSA) is 129 Å². The van der Waals surface area contributed by atoms with Crippen LogP contribution in [0.5, 0.6) is 0 Å². The van der Waals surface area contributed by atoms with Gasteiger partial charge in [-0.25, -0.2) is 18.2 Å². The minimum Gasteiger partial charge on any atom is -0.444 e. The lowest BCUT2D eigenvalue weighted by atomic mass is 9.95. The van der Waals surface area contributed by atoms with Gasteiger partial charge in [0.25, 0.3) is 0 Å². The van der Waals surface area contributed by atoms with Crippen LogP contribution in [0.3, 0.4) is 0 Å². The fourth-order valence-electron chi connectivity index (χ4n) is 6.67. The number of hydrogen-bond acceptors (Lipinski definition) is 8. The number of piperazine rings is 1. The lowest BCUT2D eigenvalue weighted by Crippen LogP contribution is -2.64. The van der Waals surface area contributed by atoms with Crippen LogP contribution in [0.4, 0.5) is 4.79 Å². The van der Waals surface area contributed by atoms with Crippen LogP contribution >= 0.6 is 27.5 Å². The number of hydrogen-bond donors (Lipinski definition) is 1. The third-order valence-corrected chi connectivity index (χ3v) is 11.6. The van der Waals surface area contributed by atoms with E-state index in [9.17, 15) is 18.0 Å². The normalized spacial score (nSPS) is 23.3. The number of pyridine rings is 1. The first-order chi connectivity index (χ1) is 21.8. The number of sulfone groups is 1. The quantitative estimate of drug-likeness (QED) is 0.423. The molecule has 46 heavy (non-hydrogen) atoms. The molecule has 3 atom stereocenters. The number of aromatic amines is 1. The van der Waals surface area contributed by atoms with Crippen molar-refractivity contribution in [3.8, 4) is 0 Å². The van der Waals surface area contributed by atoms with Crippen molar-refractivity contribution in [1.29, 1.82) is 0 Å². The van der Waals surface area contributed by atoms with Crippen molar-refractivity contribution < 1.29 is 22.7 Å². The number of halogens is 2. The molecular formula is C32H38BrClN6O5S. The predicted octanol–water partition coefficient (Wildman–Crippen LogP) is 4.20. The number of nitrogens with zero attached hydrogens (tertiary/aromatic N) is 5. The van der Waals surface area contributed by atoms with Crippen molar-refractivity contribution in [2.45, 2.75) is 63.0 Å². The van der Waals surface area contributed by atoms with E-state index < -0.39 is 32.8 Å². The molecule has 2 amide bonds. The summed E-state index contributed by atoms with van der Waals surface area (Å²) < 4.78 is 32.8. The molecule has 3 aliphatic rings. The molecule has 246 valence electrons. The van der Waals surface area contributed by atoms with Gasteiger partial charge in [0.2, 0.25) is 5.91 Å². The summed E-state index contributed by atoms with van der Waals surface area (Å²) in [4.78, 5) is 45.2. The van der Waals surface area contributed by atoms with Crippen molar-refractivity contribution in [2.24, 2.45) is 0 Å². The van der Waals surface area contributed by atoms with E-state index in [0.717, 1.165) is 39.7 Å². The number of H-pyrrole nitrogens is 1. The van der Waals surface area contributed by atoms with E-state index in [1.807, 2.05) is 18.2 Å². The van der Waals surface area contributed by atoms with Crippen molar-refractivity contribution in [2.75, 3.05) is 38.5 Å². The Morgan fingerprint density at radius 1 is 1.09 bits per heavy atom. The van der Waals surface area contributed by atoms with Crippen LogP contribution in [-0.4, -0.2) is 105 Å². The number of ether oxygens (including phenoxy) is 1. The van der Waals surface area contributed by atoms with Crippen molar-refractivity contribution >= 4 is 49.4 Å². The fourth-order valence-corrected chi connectivity index (χ4v) is 8.89. The molecular weight excluding hydrogens is 696 g/mol. The molecule has 6 rings (SSSR count). The minimum atomic E-state index is -3.44. The second-order valence-corrected chi connectivity index (χ2v) is 16.9. The van der Waals surface area contributed by atoms with Gasteiger partial charge in [-0.1, -0.05) is 17.7 Å². The van der Waals surface area contributed by atoms with E-state index in [4.69, 9.17) is 21.3 Å². The lowest BCUT2D eigenvalue weighted by Gasteiger charge is -2.46. The number of carbonyl (C=O) groups excluding carboxylic acids is 2. The Balaban J connectivity index is 1.35. The van der Waals surface area contributed by atoms with Crippen LogP contribution in [0.15, 0.2) is 47.5 Å². The maximum atomic E-state index is 14.5. The molecule has 2 saturated heterocycles. The molecule has 0 bridgehead atoms. The average molecular weight is 734 g/mol. The first-order valence-electron chi connectivity index (χ1n) is 15.4. The standard InChI is InChI=1S/C32H38BrClN6O5S/c1-32(2,3)45-31(42)40-9-8-38(29-26-7-6-23(34)13-20(26)4-5-21-12-22(33)15-36-28(21)29)18-27(40)30(41)39-10-11-46(43,44)25(17-39)14-24-16-35-19-37-24/h6-7,12-13,15-16,19,25,27,29H,4-5,8-11,14,17-18H2,1-3H3,(H,35,37)/t25?,27-,29+/m1/s1. The summed E-state index contributed by atoms with van der Waals surface area (Å²) in [6, 6.07) is 6.84. The molecule has 1 N–H and O–H groups in total. The van der Waals surface area contributed by atoms with E-state index in [0.29, 0.717) is 17.3 Å². The van der Waals surface area contributed by atoms with Gasteiger partial charge in [-0.05, 0) is 84.4 Å². The summed E-state index contributed by atoms with van der Waals surface area (Å²) in [6.07, 6.45) is 6.12. The largest absolute Gasteiger partial charge is 0.444 e. The number of carbonyl (C=O) groups is 2. The van der Waals surface area contributed by atoms with E-state index in [1.54, 1.807) is 38.1 Å². The van der Waals surface area contributed by atoms with Crippen LogP contribution in [0.25, 0.3) is 0 Å². The number of benzene rings is 1. The number of aryl methyl sites for hydroxylation is 2. The van der Waals surface area contributed by atoms with Crippen LogP contribution in [0, 0.1) is 0 Å². The molecule has 2 fully saturated rings. The highest BCUT2D eigenvalue weighted by Crippen LogP contribution is 2.39. The molecule has 1 aromatic carbocycles. The Labute approximate surface area is 282 Å². The van der Waals surface area contributed by atoms with Gasteiger partial charge < -0.3 is 14.6 Å². The number of fused-ring (bicyclic) bond motifs is 2. The summed E-state index contributed by atoms with van der Waals surface area (Å²) in [6.45, 7) is 6.41. The van der Waals surface area contributed by atoms with E-state index in [1.165, 1.54) is 11.2 Å². The van der Waals surface area contributed by atoms with E-state index >= 15 is 0 Å². The number of rotatable bonds is 4. The van der Waals surface area contributed by atoms with Crippen LogP contribution in [0.1, 0.15) is 54.9 Å². The Hall–Kier alpha value is -3.00. The highest BCUT2D eigenvalue weighted by molar-refractivity contribution is 9.10. The second-order valence-electron chi connectivity index (χ2n) is 13.2. The first-order valence-corrected chi connectivity index (χ1v) is 18.3. The molecule has 2 aliphatic heterocycles. The maximum Gasteiger partial charge on any atom is 0.411 e. The molecule has 1 unspecified atom stereocenters. The van der Waals surface area contributed by atoms with E-state index in [-0.39, 0.29) is 50.3 Å². The Kier molecular flexibility index (Phi) is 9.23. The lowest BCUT2D eigenvalue weighted by molar-refractivity contribution is -0.139. The molecule has 2 aromatic heterocycles. The second kappa shape index (κ2) is 12.9. The minimum absolute atomic E-state index is 0.0298. The molecule has 11 nitrogen and oxygen atoms in total. The molecule has 14 heteroatoms. The summed E-state index contributed by atoms with van der Waals surface area (Å²) >= 11 is 10.0. The molecule has 1 aliphatic carbocycles. The van der Waals surface area contributed by atoms with Gasteiger partial charge in [0.05, 0.1) is 29.1 Å². The van der Waals surface area contributed by atoms with Gasteiger partial charge in [-0.2, -0.15) is 0 Å². The zero-order valence-electron chi connectivity index (χ0n) is 26.1. The number of imidazole rings is 1. The van der Waals surface area contributed by atoms with Gasteiger partial charge >= 0.3 is 6.09 Å². The van der Waals surface area contributed by atoms with Crippen LogP contribution in [-0.2, 0) is 38.6 Å². The fraction of sp³-hybridized carbons (Fsp3) is 0.500. The molecule has 0 saturated carbocycles. The first kappa shape index (κ1) is 32.9. The highest BCUT2D eigenvalue weighted by atomic mass is 79.9. The Morgan fingerprint density at radius 3 is 2.61 bits per heavy atom. The smallest absolute Gasteiger partial charge is 0.411 e. The SMILES string of the molecule is CC(C)(C)OC(=O)N1CCN([C@H]2c3ccc(Cl)cc3CCc3cc(Br)cnc32)C[C@@H]1C(=O)N1CCS(=O)(=O)C(Cc2cnc[nH]2)C1. The van der Waals surface area contributed by atoms with Gasteiger partial charge in [0, 0.05) is 66.7 Å². The Morgan fingerprint density at radius 2 is 1.87 bits per heavy atom. The summed E-state index contributed by atoms with van der Waals surface area (Å²) in [5.41, 5.74) is 4.13. The monoisotopic (exact) mass is 732 g/mol. The van der Waals surface area contributed by atoms with E-state index in [2.05, 4.69) is 36.9 Å². The maximum absolute atomic E-state index is 14.5. The third-order valence-electron chi connectivity index (χ3n) is 8.87. The number of aromatic nitrogens is 3. The zero-order valence-corrected chi connectivity index (χ0v) is 29.2. The molecule has 4 heterocycles. The van der Waals surface area contributed by atoms with Crippen LogP contribution in [0.2, 0.25) is 5.02 Å². The number of nitrogens with one attached hydrogen (secondary N) is 1. The third kappa shape index (κ3) is 6.97. The Bertz CT molecular complexity index is 1680. The predicted molar refractivity (Wildman–Crippen MR) is 177 cm³/mol. The zero-order chi connectivity index (χ0) is 32.8. The number of amides is 2. The van der Waals surface area contributed by atoms with Gasteiger partial charge in [0.1, 0.15) is 11.6 Å². The summed E-state index contributed by atoms with van der Waals surface area (Å²) in [7, 11) is -3.44. The molecule has 0 spiro atoms. The van der Waals surface area contributed by atoms with Crippen molar-refractivity contribution in [3.63, 3.8) is 0 Å². The van der Waals surface area contributed by atoms with Gasteiger partial charge in [-0.3, -0.25) is 19.6 Å². The summed E-state index contributed by atoms with van der Waals surface area (Å²) in [5.74, 6) is -0.447. The highest BCUT2D eigenvalue weighted by Gasteiger charge is 2.45. The van der Waals surface area contributed by atoms with Crippen LogP contribution < -0.4 is 0 Å². The van der Waals surface area contributed by atoms with Crippen molar-refractivity contribution in [3.05, 3.63) is 80.6 Å². The summed E-state index contributed by atoms with van der Waals surface area (Å²) in [5, 5.41) is -0.126. The van der Waals surface area contributed by atoms with Crippen molar-refractivity contribution in [1.82, 2.24) is 29.7 Å². The van der Waals surface area contributed by atoms with Gasteiger partial charge in [-0.15, -0.1) is 0 Å².